The highest BCUT2D eigenvalue weighted by Gasteiger charge is 2.11. The molecule has 0 aliphatic rings. The maximum absolute atomic E-state index is 11.5. The van der Waals surface area contributed by atoms with Crippen LogP contribution in [0.1, 0.15) is 37.9 Å². The van der Waals surface area contributed by atoms with E-state index in [4.69, 9.17) is 16.3 Å². The van der Waals surface area contributed by atoms with E-state index < -0.39 is 0 Å². The van der Waals surface area contributed by atoms with Gasteiger partial charge in [-0.25, -0.2) is 4.99 Å². The first-order chi connectivity index (χ1) is 14.0. The lowest BCUT2D eigenvalue weighted by atomic mass is 10.1. The van der Waals surface area contributed by atoms with Gasteiger partial charge in [0.05, 0.1) is 12.6 Å². The first-order valence-electron chi connectivity index (χ1n) is 9.81. The van der Waals surface area contributed by atoms with Gasteiger partial charge in [0.1, 0.15) is 5.75 Å². The molecule has 0 aliphatic carbocycles. The number of rotatable bonds is 9. The van der Waals surface area contributed by atoms with Crippen LogP contribution in [0.25, 0.3) is 0 Å². The molecule has 0 saturated carbocycles. The van der Waals surface area contributed by atoms with E-state index in [1.54, 1.807) is 0 Å². The van der Waals surface area contributed by atoms with Crippen LogP contribution in [0.15, 0.2) is 53.5 Å². The van der Waals surface area contributed by atoms with Gasteiger partial charge in [-0.1, -0.05) is 41.9 Å². The van der Waals surface area contributed by atoms with Gasteiger partial charge in [0, 0.05) is 18.1 Å². The highest BCUT2D eigenvalue weighted by atomic mass is 127. The van der Waals surface area contributed by atoms with Crippen LogP contribution in [0.2, 0.25) is 5.02 Å². The van der Waals surface area contributed by atoms with E-state index in [1.807, 2.05) is 69.3 Å². The van der Waals surface area contributed by atoms with Crippen molar-refractivity contribution in [3.05, 3.63) is 64.7 Å². The Labute approximate surface area is 200 Å². The molecular formula is C22H30ClIN4O2. The summed E-state index contributed by atoms with van der Waals surface area (Å²) in [5.74, 6) is 1.21. The Balaban J connectivity index is 0.00000450. The predicted molar refractivity (Wildman–Crippen MR) is 134 cm³/mol. The monoisotopic (exact) mass is 544 g/mol. The lowest BCUT2D eigenvalue weighted by molar-refractivity contribution is -0.122. The summed E-state index contributed by atoms with van der Waals surface area (Å²) in [7, 11) is 0. The second-order valence-corrected chi connectivity index (χ2v) is 6.88. The fraction of sp³-hybridized carbons (Fsp3) is 0.364. The van der Waals surface area contributed by atoms with E-state index in [1.165, 1.54) is 0 Å². The summed E-state index contributed by atoms with van der Waals surface area (Å²) in [6, 6.07) is 15.4. The summed E-state index contributed by atoms with van der Waals surface area (Å²) in [5, 5.41) is 10.1. The van der Waals surface area contributed by atoms with Crippen molar-refractivity contribution in [1.29, 1.82) is 0 Å². The quantitative estimate of drug-likeness (QED) is 0.250. The number of amides is 1. The fourth-order valence-corrected chi connectivity index (χ4v) is 3.03. The largest absolute Gasteiger partial charge is 0.484 e. The second-order valence-electron chi connectivity index (χ2n) is 6.47. The SMILES string of the molecule is CCNC(=O)COc1cccc(CN=C(NCC)NC(C)c2ccccc2Cl)c1.I. The molecule has 0 spiro atoms. The summed E-state index contributed by atoms with van der Waals surface area (Å²) in [5.41, 5.74) is 2.00. The van der Waals surface area contributed by atoms with Crippen LogP contribution in [0, 0.1) is 0 Å². The first kappa shape index (κ1) is 26.0. The minimum absolute atomic E-state index is 0. The Kier molecular flexibility index (Phi) is 12.2. The Morgan fingerprint density at radius 2 is 1.83 bits per heavy atom. The minimum atomic E-state index is -0.136. The maximum Gasteiger partial charge on any atom is 0.257 e. The molecule has 2 rings (SSSR count). The predicted octanol–water partition coefficient (Wildman–Crippen LogP) is 4.29. The number of likely N-dealkylation sites (N-methyl/N-ethyl adjacent to an activating group) is 1. The van der Waals surface area contributed by atoms with Crippen LogP contribution >= 0.6 is 35.6 Å². The molecule has 1 amide bonds. The average molecular weight is 545 g/mol. The van der Waals surface area contributed by atoms with Gasteiger partial charge in [0.25, 0.3) is 5.91 Å². The van der Waals surface area contributed by atoms with Crippen LogP contribution in [0.5, 0.6) is 5.75 Å². The Hall–Kier alpha value is -2.00. The molecule has 164 valence electrons. The molecule has 30 heavy (non-hydrogen) atoms. The molecular weight excluding hydrogens is 515 g/mol. The maximum atomic E-state index is 11.5. The zero-order chi connectivity index (χ0) is 21.1. The molecule has 0 fully saturated rings. The van der Waals surface area contributed by atoms with Crippen molar-refractivity contribution in [2.24, 2.45) is 4.99 Å². The first-order valence-corrected chi connectivity index (χ1v) is 10.2. The summed E-state index contributed by atoms with van der Waals surface area (Å²) >= 11 is 6.30. The van der Waals surface area contributed by atoms with Crippen molar-refractivity contribution in [2.45, 2.75) is 33.4 Å². The summed E-state index contributed by atoms with van der Waals surface area (Å²) in [6.45, 7) is 7.75. The molecule has 6 nitrogen and oxygen atoms in total. The molecule has 8 heteroatoms. The van der Waals surface area contributed by atoms with Crippen molar-refractivity contribution in [3.63, 3.8) is 0 Å². The van der Waals surface area contributed by atoms with E-state index in [0.29, 0.717) is 24.8 Å². The minimum Gasteiger partial charge on any atom is -0.484 e. The van der Waals surface area contributed by atoms with E-state index in [9.17, 15) is 4.79 Å². The van der Waals surface area contributed by atoms with Gasteiger partial charge in [-0.2, -0.15) is 0 Å². The lowest BCUT2D eigenvalue weighted by Crippen LogP contribution is -2.38. The van der Waals surface area contributed by atoms with Gasteiger partial charge in [-0.15, -0.1) is 24.0 Å². The van der Waals surface area contributed by atoms with Crippen molar-refractivity contribution < 1.29 is 9.53 Å². The molecule has 0 aliphatic heterocycles. The van der Waals surface area contributed by atoms with Crippen molar-refractivity contribution in [1.82, 2.24) is 16.0 Å². The van der Waals surface area contributed by atoms with Gasteiger partial charge in [-0.05, 0) is 50.1 Å². The highest BCUT2D eigenvalue weighted by molar-refractivity contribution is 14.0. The number of guanidine groups is 1. The molecule has 1 unspecified atom stereocenters. The number of hydrogen-bond acceptors (Lipinski definition) is 3. The molecule has 0 heterocycles. The Bertz CT molecular complexity index is 832. The topological polar surface area (TPSA) is 74.8 Å². The molecule has 1 atom stereocenters. The number of hydrogen-bond donors (Lipinski definition) is 3. The van der Waals surface area contributed by atoms with Crippen molar-refractivity contribution in [2.75, 3.05) is 19.7 Å². The van der Waals surface area contributed by atoms with Gasteiger partial charge in [-0.3, -0.25) is 4.79 Å². The van der Waals surface area contributed by atoms with Crippen LogP contribution in [-0.4, -0.2) is 31.6 Å². The molecule has 0 radical (unpaired) electrons. The molecule has 0 aromatic heterocycles. The Morgan fingerprint density at radius 1 is 1.10 bits per heavy atom. The number of nitrogens with zero attached hydrogens (tertiary/aromatic N) is 1. The van der Waals surface area contributed by atoms with E-state index in [2.05, 4.69) is 20.9 Å². The van der Waals surface area contributed by atoms with Crippen molar-refractivity contribution >= 4 is 47.4 Å². The number of halogens is 2. The number of carbonyl (C=O) groups is 1. The highest BCUT2D eigenvalue weighted by Crippen LogP contribution is 2.22. The number of benzene rings is 2. The third-order valence-corrected chi connectivity index (χ3v) is 4.48. The second kappa shape index (κ2) is 14.1. The van der Waals surface area contributed by atoms with Crippen LogP contribution in [0.3, 0.4) is 0 Å². The van der Waals surface area contributed by atoms with E-state index in [-0.39, 0.29) is 42.5 Å². The van der Waals surface area contributed by atoms with Gasteiger partial charge in [0.15, 0.2) is 12.6 Å². The van der Waals surface area contributed by atoms with Crippen LogP contribution in [0.4, 0.5) is 0 Å². The average Bonchev–Trinajstić information content (AvgIpc) is 2.71. The van der Waals surface area contributed by atoms with Crippen molar-refractivity contribution in [3.8, 4) is 5.75 Å². The molecule has 3 N–H and O–H groups in total. The fourth-order valence-electron chi connectivity index (χ4n) is 2.73. The van der Waals surface area contributed by atoms with Gasteiger partial charge in [0.2, 0.25) is 0 Å². The smallest absolute Gasteiger partial charge is 0.257 e. The zero-order valence-corrected chi connectivity index (χ0v) is 20.7. The van der Waals surface area contributed by atoms with Crippen LogP contribution < -0.4 is 20.7 Å². The standard InChI is InChI=1S/C22H29ClN4O2.HI/c1-4-24-21(28)15-29-18-10-8-9-17(13-18)14-26-22(25-5-2)27-16(3)19-11-6-7-12-20(19)23;/h6-13,16H,4-5,14-15H2,1-3H3,(H,24,28)(H2,25,26,27);1H. The van der Waals surface area contributed by atoms with Gasteiger partial charge >= 0.3 is 0 Å². The molecule has 0 bridgehead atoms. The van der Waals surface area contributed by atoms with Crippen LogP contribution in [-0.2, 0) is 11.3 Å². The zero-order valence-electron chi connectivity index (χ0n) is 17.6. The summed E-state index contributed by atoms with van der Waals surface area (Å²) in [4.78, 5) is 16.2. The third kappa shape index (κ3) is 8.79. The molecule has 2 aromatic rings. The third-order valence-electron chi connectivity index (χ3n) is 4.13. The summed E-state index contributed by atoms with van der Waals surface area (Å²) in [6.07, 6.45) is 0. The number of nitrogens with one attached hydrogen (secondary N) is 3. The Morgan fingerprint density at radius 3 is 2.53 bits per heavy atom. The van der Waals surface area contributed by atoms with Gasteiger partial charge < -0.3 is 20.7 Å². The number of ether oxygens (including phenoxy) is 1. The normalized spacial score (nSPS) is 11.8. The lowest BCUT2D eigenvalue weighted by Gasteiger charge is -2.19. The number of aliphatic imine (C=N–C) groups is 1. The van der Waals surface area contributed by atoms with E-state index >= 15 is 0 Å². The van der Waals surface area contributed by atoms with E-state index in [0.717, 1.165) is 22.7 Å². The molecule has 2 aromatic carbocycles. The molecule has 0 saturated heterocycles. The number of carbonyl (C=O) groups excluding carboxylic acids is 1. The summed E-state index contributed by atoms with van der Waals surface area (Å²) < 4.78 is 5.54.